The van der Waals surface area contributed by atoms with Crippen LogP contribution >= 0.6 is 11.3 Å². The van der Waals surface area contributed by atoms with Crippen LogP contribution in [0.25, 0.3) is 0 Å². The van der Waals surface area contributed by atoms with Gasteiger partial charge in [-0.25, -0.2) is 13.1 Å². The third-order valence-corrected chi connectivity index (χ3v) is 6.00. The quantitative estimate of drug-likeness (QED) is 0.821. The Bertz CT molecular complexity index is 649. The molecule has 0 spiro atoms. The summed E-state index contributed by atoms with van der Waals surface area (Å²) < 4.78 is 26.7. The first kappa shape index (κ1) is 16.2. The van der Waals surface area contributed by atoms with Gasteiger partial charge in [-0.2, -0.15) is 0 Å². The molecule has 21 heavy (non-hydrogen) atoms. The molecule has 114 valence electrons. The van der Waals surface area contributed by atoms with Gasteiger partial charge < -0.3 is 5.11 Å². The molecular weight excluding hydrogens is 306 g/mol. The van der Waals surface area contributed by atoms with E-state index in [9.17, 15) is 13.5 Å². The summed E-state index contributed by atoms with van der Waals surface area (Å²) in [5, 5.41) is 12.0. The average molecular weight is 325 g/mol. The number of aliphatic hydroxyl groups is 1. The Morgan fingerprint density at radius 1 is 1.19 bits per heavy atom. The van der Waals surface area contributed by atoms with E-state index in [0.29, 0.717) is 12.8 Å². The fraction of sp³-hybridized carbons (Fsp3) is 0.333. The lowest BCUT2D eigenvalue weighted by Gasteiger charge is -2.23. The molecule has 1 aromatic heterocycles. The minimum Gasteiger partial charge on any atom is -0.389 e. The number of nitrogens with one attached hydrogen (secondary N) is 1. The molecule has 1 atom stereocenters. The molecule has 0 radical (unpaired) electrons. The van der Waals surface area contributed by atoms with Crippen LogP contribution < -0.4 is 4.72 Å². The number of thiophene rings is 1. The van der Waals surface area contributed by atoms with Crippen LogP contribution in [-0.2, 0) is 16.4 Å². The van der Waals surface area contributed by atoms with Gasteiger partial charge in [0.2, 0.25) is 10.0 Å². The van der Waals surface area contributed by atoms with Gasteiger partial charge in [0.25, 0.3) is 0 Å². The highest BCUT2D eigenvalue weighted by atomic mass is 32.2. The molecule has 2 rings (SSSR count). The van der Waals surface area contributed by atoms with Crippen molar-refractivity contribution in [2.75, 3.05) is 6.54 Å². The van der Waals surface area contributed by atoms with Gasteiger partial charge in [-0.15, -0.1) is 11.3 Å². The maximum Gasteiger partial charge on any atom is 0.250 e. The molecule has 0 saturated carbocycles. The zero-order chi connectivity index (χ0) is 15.3. The molecule has 0 aliphatic carbocycles. The summed E-state index contributed by atoms with van der Waals surface area (Å²) >= 11 is 1.16. The zero-order valence-corrected chi connectivity index (χ0v) is 13.5. The SMILES string of the molecule is C[C@@](O)(CCc1ccccc1)CNS(=O)(=O)c1cccs1. The Morgan fingerprint density at radius 2 is 1.90 bits per heavy atom. The van der Waals surface area contributed by atoms with Crippen molar-refractivity contribution in [1.82, 2.24) is 4.72 Å². The van der Waals surface area contributed by atoms with Crippen molar-refractivity contribution in [3.05, 3.63) is 53.4 Å². The lowest BCUT2D eigenvalue weighted by Crippen LogP contribution is -2.40. The molecule has 1 heterocycles. The van der Waals surface area contributed by atoms with Gasteiger partial charge in [0.05, 0.1) is 5.60 Å². The highest BCUT2D eigenvalue weighted by Crippen LogP contribution is 2.18. The molecule has 0 saturated heterocycles. The Hall–Kier alpha value is -1.21. The predicted octanol–water partition coefficient (Wildman–Crippen LogP) is 2.41. The van der Waals surface area contributed by atoms with Crippen LogP contribution in [0.1, 0.15) is 18.9 Å². The van der Waals surface area contributed by atoms with Crippen LogP contribution in [0.3, 0.4) is 0 Å². The second-order valence-corrected chi connectivity index (χ2v) is 8.18. The molecule has 4 nitrogen and oxygen atoms in total. The summed E-state index contributed by atoms with van der Waals surface area (Å²) in [6.07, 6.45) is 1.19. The van der Waals surface area contributed by atoms with Gasteiger partial charge in [-0.3, -0.25) is 0 Å². The highest BCUT2D eigenvalue weighted by Gasteiger charge is 2.24. The molecule has 1 aromatic carbocycles. The van der Waals surface area contributed by atoms with Crippen LogP contribution in [0, 0.1) is 0 Å². The van der Waals surface area contributed by atoms with Gasteiger partial charge >= 0.3 is 0 Å². The van der Waals surface area contributed by atoms with Crippen LogP contribution in [0.2, 0.25) is 0 Å². The summed E-state index contributed by atoms with van der Waals surface area (Å²) in [5.74, 6) is 0. The summed E-state index contributed by atoms with van der Waals surface area (Å²) in [5.41, 5.74) is 0.0408. The van der Waals surface area contributed by atoms with E-state index in [0.717, 1.165) is 16.9 Å². The molecule has 0 aliphatic rings. The molecule has 0 bridgehead atoms. The fourth-order valence-electron chi connectivity index (χ4n) is 1.88. The second kappa shape index (κ2) is 6.70. The third kappa shape index (κ3) is 4.93. The van der Waals surface area contributed by atoms with Crippen molar-refractivity contribution in [2.45, 2.75) is 29.6 Å². The molecule has 0 unspecified atom stereocenters. The van der Waals surface area contributed by atoms with Crippen molar-refractivity contribution in [3.63, 3.8) is 0 Å². The molecule has 6 heteroatoms. The molecular formula is C15H19NO3S2. The number of aryl methyl sites for hydroxylation is 1. The molecule has 2 aromatic rings. The van der Waals surface area contributed by atoms with Crippen molar-refractivity contribution in [2.24, 2.45) is 0 Å². The van der Waals surface area contributed by atoms with E-state index in [1.807, 2.05) is 30.3 Å². The van der Waals surface area contributed by atoms with Gasteiger partial charge in [0.15, 0.2) is 0 Å². The summed E-state index contributed by atoms with van der Waals surface area (Å²) in [6.45, 7) is 1.65. The topological polar surface area (TPSA) is 66.4 Å². The largest absolute Gasteiger partial charge is 0.389 e. The van der Waals surface area contributed by atoms with Gasteiger partial charge in [0, 0.05) is 6.54 Å². The Kier molecular flexibility index (Phi) is 5.16. The first-order chi connectivity index (χ1) is 9.89. The normalized spacial score (nSPS) is 14.8. The number of hydrogen-bond donors (Lipinski definition) is 2. The maximum absolute atomic E-state index is 12.0. The van der Waals surface area contributed by atoms with Crippen molar-refractivity contribution >= 4 is 21.4 Å². The second-order valence-electron chi connectivity index (χ2n) is 5.24. The first-order valence-electron chi connectivity index (χ1n) is 6.69. The van der Waals surface area contributed by atoms with Crippen LogP contribution in [0.15, 0.2) is 52.1 Å². The zero-order valence-electron chi connectivity index (χ0n) is 11.8. The minimum atomic E-state index is -3.52. The number of hydrogen-bond acceptors (Lipinski definition) is 4. The highest BCUT2D eigenvalue weighted by molar-refractivity contribution is 7.91. The number of sulfonamides is 1. The molecule has 0 amide bonds. The lowest BCUT2D eigenvalue weighted by molar-refractivity contribution is 0.0565. The van der Waals surface area contributed by atoms with Crippen molar-refractivity contribution in [1.29, 1.82) is 0 Å². The van der Waals surface area contributed by atoms with E-state index in [1.54, 1.807) is 24.4 Å². The average Bonchev–Trinajstić information content (AvgIpc) is 3.00. The van der Waals surface area contributed by atoms with E-state index < -0.39 is 15.6 Å². The van der Waals surface area contributed by atoms with Crippen LogP contribution in [0.5, 0.6) is 0 Å². The van der Waals surface area contributed by atoms with E-state index in [1.165, 1.54) is 0 Å². The predicted molar refractivity (Wildman–Crippen MR) is 84.9 cm³/mol. The van der Waals surface area contributed by atoms with E-state index in [2.05, 4.69) is 4.72 Å². The van der Waals surface area contributed by atoms with Crippen molar-refractivity contribution in [3.8, 4) is 0 Å². The monoisotopic (exact) mass is 325 g/mol. The van der Waals surface area contributed by atoms with E-state index in [-0.39, 0.29) is 10.8 Å². The van der Waals surface area contributed by atoms with E-state index >= 15 is 0 Å². The summed E-state index contributed by atoms with van der Waals surface area (Å²) in [7, 11) is -3.52. The summed E-state index contributed by atoms with van der Waals surface area (Å²) in [4.78, 5) is 0. The summed E-state index contributed by atoms with van der Waals surface area (Å²) in [6, 6.07) is 13.1. The van der Waals surface area contributed by atoms with Crippen molar-refractivity contribution < 1.29 is 13.5 Å². The van der Waals surface area contributed by atoms with Crippen LogP contribution in [-0.4, -0.2) is 25.7 Å². The Morgan fingerprint density at radius 3 is 2.52 bits per heavy atom. The standard InChI is InChI=1S/C15H19NO3S2/c1-15(17,10-9-13-6-3-2-4-7-13)12-16-21(18,19)14-8-5-11-20-14/h2-8,11,16-17H,9-10,12H2,1H3/t15-/m1/s1. The Labute approximate surface area is 129 Å². The van der Waals surface area contributed by atoms with Gasteiger partial charge in [-0.1, -0.05) is 36.4 Å². The molecule has 2 N–H and O–H groups in total. The first-order valence-corrected chi connectivity index (χ1v) is 9.05. The van der Waals surface area contributed by atoms with Gasteiger partial charge in [-0.05, 0) is 36.8 Å². The van der Waals surface area contributed by atoms with E-state index in [4.69, 9.17) is 0 Å². The fourth-order valence-corrected chi connectivity index (χ4v) is 4.08. The third-order valence-electron chi connectivity index (χ3n) is 3.20. The number of rotatable bonds is 7. The number of benzene rings is 1. The smallest absolute Gasteiger partial charge is 0.250 e. The molecule has 0 aliphatic heterocycles. The minimum absolute atomic E-state index is 0.0000664. The van der Waals surface area contributed by atoms with Gasteiger partial charge in [0.1, 0.15) is 4.21 Å². The van der Waals surface area contributed by atoms with Crippen LogP contribution in [0.4, 0.5) is 0 Å². The lowest BCUT2D eigenvalue weighted by atomic mass is 9.97. The molecule has 0 fully saturated rings. The Balaban J connectivity index is 1.89. The maximum atomic E-state index is 12.0.